The monoisotopic (exact) mass is 412 g/mol. The lowest BCUT2D eigenvalue weighted by Gasteiger charge is -2.30. The van der Waals surface area contributed by atoms with E-state index in [1.54, 1.807) is 12.1 Å². The van der Waals surface area contributed by atoms with E-state index in [1.807, 2.05) is 40.7 Å². The minimum absolute atomic E-state index is 0.114. The van der Waals surface area contributed by atoms with Crippen LogP contribution >= 0.6 is 0 Å². The highest BCUT2D eigenvalue weighted by molar-refractivity contribution is 6.61. The third-order valence-corrected chi connectivity index (χ3v) is 4.76. The number of carbonyl (C=O) groups is 2. The fraction of sp³-hybridized carbons (Fsp3) is 0.364. The molecule has 0 saturated carbocycles. The summed E-state index contributed by atoms with van der Waals surface area (Å²) < 4.78 is 19.9. The average Bonchev–Trinajstić information content (AvgIpc) is 3.00. The van der Waals surface area contributed by atoms with Crippen molar-refractivity contribution in [3.8, 4) is 0 Å². The Bertz CT molecular complexity index is 983. The van der Waals surface area contributed by atoms with Crippen molar-refractivity contribution in [2.75, 3.05) is 6.54 Å². The quantitative estimate of drug-likeness (QED) is 0.600. The van der Waals surface area contributed by atoms with E-state index in [1.165, 1.54) is 17.1 Å². The number of nitrogens with zero attached hydrogens (tertiary/aromatic N) is 1. The summed E-state index contributed by atoms with van der Waals surface area (Å²) in [6.07, 6.45) is 0. The van der Waals surface area contributed by atoms with Crippen molar-refractivity contribution in [3.05, 3.63) is 64.0 Å². The first-order valence-electron chi connectivity index (χ1n) is 9.78. The molecule has 0 fully saturated rings. The van der Waals surface area contributed by atoms with Crippen molar-refractivity contribution in [2.45, 2.75) is 41.2 Å². The van der Waals surface area contributed by atoms with Crippen LogP contribution in [0.2, 0.25) is 0 Å². The predicted molar refractivity (Wildman–Crippen MR) is 113 cm³/mol. The molecule has 1 heterocycles. The van der Waals surface area contributed by atoms with Crippen molar-refractivity contribution in [1.29, 1.82) is 0 Å². The number of hydrogen-bond donors (Lipinski definition) is 2. The molecule has 1 aliphatic heterocycles. The lowest BCUT2D eigenvalue weighted by molar-refractivity contribution is 0.0507. The number of hydrazine groups is 1. The third-order valence-electron chi connectivity index (χ3n) is 4.76. The third kappa shape index (κ3) is 4.71. The Hall–Kier alpha value is -2.71. The Balaban J connectivity index is 1.90. The van der Waals surface area contributed by atoms with Gasteiger partial charge in [-0.15, -0.1) is 0 Å². The zero-order valence-electron chi connectivity index (χ0n) is 17.9. The van der Waals surface area contributed by atoms with E-state index in [2.05, 4.69) is 5.43 Å². The fourth-order valence-corrected chi connectivity index (χ4v) is 3.51. The highest BCUT2D eigenvalue weighted by Gasteiger charge is 2.32. The van der Waals surface area contributed by atoms with Crippen LogP contribution in [-0.4, -0.2) is 35.5 Å². The van der Waals surface area contributed by atoms with E-state index in [0.717, 1.165) is 11.1 Å². The second-order valence-electron chi connectivity index (χ2n) is 8.93. The highest BCUT2D eigenvalue weighted by Crippen LogP contribution is 2.20. The molecule has 0 unspecified atom stereocenters. The van der Waals surface area contributed by atoms with Crippen molar-refractivity contribution >= 4 is 24.4 Å². The minimum atomic E-state index is -1.20. The summed E-state index contributed by atoms with van der Waals surface area (Å²) in [6.45, 7) is 9.73. The predicted octanol–water partition coefficient (Wildman–Crippen LogP) is 2.49. The van der Waals surface area contributed by atoms with Gasteiger partial charge in [-0.3, -0.25) is 15.0 Å². The Labute approximate surface area is 176 Å². The number of hydrogen-bond acceptors (Lipinski definition) is 4. The van der Waals surface area contributed by atoms with Gasteiger partial charge >= 0.3 is 7.12 Å². The highest BCUT2D eigenvalue weighted by atomic mass is 19.1. The lowest BCUT2D eigenvalue weighted by Crippen LogP contribution is -2.50. The minimum Gasteiger partial charge on any atom is -0.423 e. The van der Waals surface area contributed by atoms with E-state index in [4.69, 9.17) is 4.65 Å². The molecular formula is C22H26BFN2O4. The molecule has 0 aliphatic carbocycles. The molecule has 2 amide bonds. The van der Waals surface area contributed by atoms with Crippen molar-refractivity contribution in [3.63, 3.8) is 0 Å². The molecule has 0 saturated heterocycles. The molecule has 158 valence electrons. The number of benzene rings is 2. The molecule has 0 radical (unpaired) electrons. The van der Waals surface area contributed by atoms with Crippen molar-refractivity contribution in [1.82, 2.24) is 10.4 Å². The Morgan fingerprint density at radius 3 is 2.43 bits per heavy atom. The summed E-state index contributed by atoms with van der Waals surface area (Å²) in [6, 6.07) is 8.22. The molecule has 2 N–H and O–H groups in total. The maximum absolute atomic E-state index is 14.9. The number of rotatable bonds is 3. The van der Waals surface area contributed by atoms with Crippen molar-refractivity contribution in [2.24, 2.45) is 5.41 Å². The number of aryl methyl sites for hydroxylation is 2. The molecule has 0 aromatic heterocycles. The number of amides is 2. The van der Waals surface area contributed by atoms with Gasteiger partial charge in [0.1, 0.15) is 5.82 Å². The average molecular weight is 412 g/mol. The van der Waals surface area contributed by atoms with Gasteiger partial charge in [0.05, 0.1) is 12.2 Å². The molecule has 0 atom stereocenters. The van der Waals surface area contributed by atoms with Gasteiger partial charge in [-0.25, -0.2) is 9.40 Å². The summed E-state index contributed by atoms with van der Waals surface area (Å²) in [7, 11) is -1.20. The van der Waals surface area contributed by atoms with Gasteiger partial charge in [-0.05, 0) is 42.9 Å². The van der Waals surface area contributed by atoms with E-state index < -0.39 is 18.8 Å². The zero-order chi connectivity index (χ0) is 22.2. The van der Waals surface area contributed by atoms with Crippen LogP contribution < -0.4 is 10.9 Å². The van der Waals surface area contributed by atoms with E-state index in [-0.39, 0.29) is 35.6 Å². The molecule has 2 aromatic carbocycles. The molecular weight excluding hydrogens is 386 g/mol. The Morgan fingerprint density at radius 1 is 1.20 bits per heavy atom. The van der Waals surface area contributed by atoms with Crippen LogP contribution in [0.15, 0.2) is 30.3 Å². The molecule has 8 heteroatoms. The number of carbonyl (C=O) groups excluding carboxylic acids is 2. The SMILES string of the molecule is Cc1cc(C)cc(C(=O)N(CC(C)(C)C)NC(=O)c2ccc3c(c2F)COB3O)c1. The first kappa shape index (κ1) is 22.0. The maximum Gasteiger partial charge on any atom is 0.491 e. The molecule has 3 rings (SSSR count). The smallest absolute Gasteiger partial charge is 0.423 e. The maximum atomic E-state index is 14.9. The molecule has 0 spiro atoms. The molecule has 2 aromatic rings. The standard InChI is InChI=1S/C22H26BFN2O4/c1-13-8-14(2)10-15(9-13)21(28)26(12-22(3,4)5)25-20(27)16-6-7-18-17(19(16)24)11-30-23(18)29/h6-10,29H,11-12H2,1-5H3,(H,25,27). The summed E-state index contributed by atoms with van der Waals surface area (Å²) in [5.74, 6) is -1.86. The summed E-state index contributed by atoms with van der Waals surface area (Å²) in [5, 5.41) is 10.9. The number of nitrogens with one attached hydrogen (secondary N) is 1. The van der Waals surface area contributed by atoms with Crippen LogP contribution in [0.1, 0.15) is 58.2 Å². The molecule has 6 nitrogen and oxygen atoms in total. The van der Waals surface area contributed by atoms with Crippen LogP contribution in [0.25, 0.3) is 0 Å². The van der Waals surface area contributed by atoms with Crippen LogP contribution in [0.4, 0.5) is 4.39 Å². The van der Waals surface area contributed by atoms with E-state index >= 15 is 0 Å². The Morgan fingerprint density at radius 2 is 1.83 bits per heavy atom. The molecule has 1 aliphatic rings. The first-order valence-corrected chi connectivity index (χ1v) is 9.78. The number of halogens is 1. The van der Waals surface area contributed by atoms with Gasteiger partial charge < -0.3 is 9.68 Å². The number of fused-ring (bicyclic) bond motifs is 1. The zero-order valence-corrected chi connectivity index (χ0v) is 17.9. The lowest BCUT2D eigenvalue weighted by atomic mass is 9.79. The molecule has 30 heavy (non-hydrogen) atoms. The topological polar surface area (TPSA) is 78.9 Å². The Kier molecular flexibility index (Phi) is 6.01. The normalized spacial score (nSPS) is 13.2. The second kappa shape index (κ2) is 8.20. The van der Waals surface area contributed by atoms with E-state index in [9.17, 15) is 19.0 Å². The van der Waals surface area contributed by atoms with E-state index in [0.29, 0.717) is 11.0 Å². The first-order chi connectivity index (χ1) is 14.0. The largest absolute Gasteiger partial charge is 0.491 e. The van der Waals surface area contributed by atoms with Crippen molar-refractivity contribution < 1.29 is 23.7 Å². The van der Waals surface area contributed by atoms with Crippen LogP contribution in [0, 0.1) is 25.1 Å². The van der Waals surface area contributed by atoms with Gasteiger partial charge in [0, 0.05) is 17.7 Å². The van der Waals surface area contributed by atoms with Gasteiger partial charge in [-0.1, -0.05) is 44.0 Å². The summed E-state index contributed by atoms with van der Waals surface area (Å²) >= 11 is 0. The van der Waals surface area contributed by atoms with Gasteiger partial charge in [0.25, 0.3) is 11.8 Å². The molecule has 0 bridgehead atoms. The fourth-order valence-electron chi connectivity index (χ4n) is 3.51. The van der Waals surface area contributed by atoms with Gasteiger partial charge in [0.2, 0.25) is 0 Å². The van der Waals surface area contributed by atoms with Gasteiger partial charge in [0.15, 0.2) is 0 Å². The van der Waals surface area contributed by atoms with Crippen LogP contribution in [0.5, 0.6) is 0 Å². The summed E-state index contributed by atoms with van der Waals surface area (Å²) in [4.78, 5) is 26.0. The van der Waals surface area contributed by atoms with Crippen LogP contribution in [-0.2, 0) is 11.3 Å². The van der Waals surface area contributed by atoms with Crippen LogP contribution in [0.3, 0.4) is 0 Å². The second-order valence-corrected chi connectivity index (χ2v) is 8.93. The summed E-state index contributed by atoms with van der Waals surface area (Å²) in [5.41, 5.74) is 4.83. The van der Waals surface area contributed by atoms with Gasteiger partial charge in [-0.2, -0.15) is 0 Å².